The van der Waals surface area contributed by atoms with Crippen LogP contribution < -0.4 is 52.8 Å². The molecule has 1 aliphatic carbocycles. The molecule has 0 N–H and O–H groups in total. The number of benzene rings is 3. The van der Waals surface area contributed by atoms with E-state index in [0.717, 1.165) is 6.42 Å². The minimum absolute atomic E-state index is 0. The third kappa shape index (κ3) is 5.30. The summed E-state index contributed by atoms with van der Waals surface area (Å²) in [7, 11) is -2.30. The maximum absolute atomic E-state index is 2.49. The van der Waals surface area contributed by atoms with Crippen LogP contribution in [-0.2, 0) is 20.4 Å². The fourth-order valence-electron chi connectivity index (χ4n) is 4.55. The van der Waals surface area contributed by atoms with E-state index in [1.165, 1.54) is 32.3 Å². The number of hydrogen-bond acceptors (Lipinski definition) is 0. The second-order valence-electron chi connectivity index (χ2n) is 7.39. The van der Waals surface area contributed by atoms with Crippen LogP contribution >= 0.6 is 0 Å². The average Bonchev–Trinajstić information content (AvgIpc) is 3.12. The largest absolute Gasteiger partial charge is 1.00 e. The van der Waals surface area contributed by atoms with Gasteiger partial charge in [-0.3, -0.25) is 0 Å². The summed E-state index contributed by atoms with van der Waals surface area (Å²) in [5.74, 6) is 0. The summed E-state index contributed by atoms with van der Waals surface area (Å²) < 4.78 is 1.53. The third-order valence-electron chi connectivity index (χ3n) is 5.77. The van der Waals surface area contributed by atoms with E-state index in [9.17, 15) is 0 Å². The molecule has 0 fully saturated rings. The molecule has 0 heterocycles. The Labute approximate surface area is 217 Å². The molecule has 0 aliphatic heterocycles. The van der Waals surface area contributed by atoms with Crippen LogP contribution in [0.3, 0.4) is 0 Å². The first-order valence-corrected chi connectivity index (χ1v) is 12.9. The Kier molecular flexibility index (Phi) is 11.6. The van der Waals surface area contributed by atoms with Crippen molar-refractivity contribution >= 4 is 23.6 Å². The number of rotatable bonds is 6. The molecule has 5 heteroatoms. The molecule has 0 saturated heterocycles. The van der Waals surface area contributed by atoms with Crippen molar-refractivity contribution in [3.63, 3.8) is 0 Å². The number of hydrogen-bond donors (Lipinski definition) is 0. The molecular formula is C26H25Cl3SiTi. The molecule has 3 aromatic rings. The fraction of sp³-hybridized carbons (Fsp3) is 0.154. The van der Waals surface area contributed by atoms with Gasteiger partial charge in [-0.05, 0) is 0 Å². The van der Waals surface area contributed by atoms with Crippen LogP contribution in [0.15, 0.2) is 112 Å². The molecule has 3 aromatic carbocycles. The topological polar surface area (TPSA) is 0 Å². The molecule has 0 saturated carbocycles. The van der Waals surface area contributed by atoms with Gasteiger partial charge in [0.2, 0.25) is 0 Å². The van der Waals surface area contributed by atoms with E-state index in [-0.39, 0.29) is 37.2 Å². The quantitative estimate of drug-likeness (QED) is 0.228. The monoisotopic (exact) mass is 518 g/mol. The zero-order chi connectivity index (χ0) is 19.4. The second-order valence-corrected chi connectivity index (χ2v) is 12.0. The third-order valence-corrected chi connectivity index (χ3v) is 12.1. The van der Waals surface area contributed by atoms with Gasteiger partial charge in [-0.15, -0.1) is 0 Å². The van der Waals surface area contributed by atoms with Gasteiger partial charge in [0.25, 0.3) is 0 Å². The first-order chi connectivity index (χ1) is 13.8. The average molecular weight is 520 g/mol. The van der Waals surface area contributed by atoms with E-state index in [0.29, 0.717) is 0 Å². The van der Waals surface area contributed by atoms with E-state index in [4.69, 9.17) is 0 Å². The molecular weight excluding hydrogens is 495 g/mol. The van der Waals surface area contributed by atoms with Gasteiger partial charge in [0.15, 0.2) is 0 Å². The molecule has 31 heavy (non-hydrogen) atoms. The maximum atomic E-state index is 2.49. The molecule has 4 rings (SSSR count). The normalized spacial score (nSPS) is 12.9. The summed E-state index contributed by atoms with van der Waals surface area (Å²) in [4.78, 5) is 0. The number of allylic oxidation sites excluding steroid dienone is 4. The van der Waals surface area contributed by atoms with Gasteiger partial charge in [0.1, 0.15) is 0 Å². The molecule has 0 unspecified atom stereocenters. The van der Waals surface area contributed by atoms with Crippen molar-refractivity contribution in [2.24, 2.45) is 0 Å². The molecule has 0 nitrogen and oxygen atoms in total. The van der Waals surface area contributed by atoms with Crippen LogP contribution in [0.25, 0.3) is 0 Å². The van der Waals surface area contributed by atoms with E-state index in [2.05, 4.69) is 124 Å². The van der Waals surface area contributed by atoms with Crippen LogP contribution in [0.2, 0.25) is 0 Å². The second kappa shape index (κ2) is 12.8. The van der Waals surface area contributed by atoms with Crippen LogP contribution in [-0.4, -0.2) is 8.07 Å². The summed E-state index contributed by atoms with van der Waals surface area (Å²) in [6.45, 7) is 2.28. The summed E-state index contributed by atoms with van der Waals surface area (Å²) in [6, 6.07) is 33.7. The summed E-state index contributed by atoms with van der Waals surface area (Å²) in [6.07, 6.45) is 5.95. The first kappa shape index (κ1) is 28.0. The SMILES string of the molecule is CCCC1=CCC([Si](c2ccccc2)(c2ccccc2)c2ccccc2)=[C]1[Ti+3].[Cl-].[Cl-].[Cl-]. The Morgan fingerprint density at radius 2 is 1.06 bits per heavy atom. The predicted octanol–water partition coefficient (Wildman–Crippen LogP) is -4.36. The van der Waals surface area contributed by atoms with Crippen LogP contribution in [0.5, 0.6) is 0 Å². The number of halogens is 3. The Morgan fingerprint density at radius 3 is 1.42 bits per heavy atom. The van der Waals surface area contributed by atoms with Gasteiger partial charge in [0, 0.05) is 0 Å². The fourth-order valence-corrected chi connectivity index (χ4v) is 11.0. The minimum Gasteiger partial charge on any atom is -1.00 e. The van der Waals surface area contributed by atoms with Crippen molar-refractivity contribution < 1.29 is 57.7 Å². The summed E-state index contributed by atoms with van der Waals surface area (Å²) in [5.41, 5.74) is 1.55. The standard InChI is InChI=1S/C26H25Si.3ClH.Ti/c1-2-12-22-19-20-26(21-22)27(23-13-6-3-7-14-23,24-15-8-4-9-16-24)25-17-10-5-11-18-25;;;;/h3-11,13-19H,2,12,20H2,1H3;3*1H;/q;;;;+3/p-3. The van der Waals surface area contributed by atoms with Gasteiger partial charge in [-0.25, -0.2) is 0 Å². The molecule has 0 bridgehead atoms. The van der Waals surface area contributed by atoms with Crippen molar-refractivity contribution in [2.45, 2.75) is 26.2 Å². The zero-order valence-corrected chi connectivity index (χ0v) is 22.3. The smallest absolute Gasteiger partial charge is 1.00 e. The van der Waals surface area contributed by atoms with Crippen LogP contribution in [0.1, 0.15) is 26.2 Å². The Balaban J connectivity index is 0.00000160. The Bertz CT molecular complexity index is 906. The molecule has 0 spiro atoms. The maximum Gasteiger partial charge on any atom is -1.00 e. The Morgan fingerprint density at radius 1 is 0.677 bits per heavy atom. The molecule has 1 aliphatic rings. The summed E-state index contributed by atoms with van der Waals surface area (Å²) in [5, 5.41) is 6.09. The van der Waals surface area contributed by atoms with Gasteiger partial charge >= 0.3 is 182 Å². The van der Waals surface area contributed by atoms with Gasteiger partial charge in [0.05, 0.1) is 0 Å². The molecule has 0 aromatic heterocycles. The van der Waals surface area contributed by atoms with Crippen LogP contribution in [0, 0.1) is 0 Å². The zero-order valence-electron chi connectivity index (χ0n) is 17.5. The van der Waals surface area contributed by atoms with Gasteiger partial charge < -0.3 is 37.2 Å². The van der Waals surface area contributed by atoms with Crippen molar-refractivity contribution in [1.29, 1.82) is 0 Å². The van der Waals surface area contributed by atoms with Crippen LogP contribution in [0.4, 0.5) is 0 Å². The van der Waals surface area contributed by atoms with Gasteiger partial charge in [-0.2, -0.15) is 0 Å². The molecule has 0 amide bonds. The van der Waals surface area contributed by atoms with Crippen molar-refractivity contribution in [3.8, 4) is 0 Å². The molecule has 158 valence electrons. The van der Waals surface area contributed by atoms with Crippen molar-refractivity contribution in [2.75, 3.05) is 0 Å². The predicted molar refractivity (Wildman–Crippen MR) is 119 cm³/mol. The van der Waals surface area contributed by atoms with Crippen molar-refractivity contribution in [3.05, 3.63) is 112 Å². The molecule has 0 radical (unpaired) electrons. The Hall–Kier alpha value is -1.06. The van der Waals surface area contributed by atoms with E-state index >= 15 is 0 Å². The first-order valence-electron chi connectivity index (χ1n) is 10.1. The summed E-state index contributed by atoms with van der Waals surface area (Å²) >= 11 is 2.36. The minimum atomic E-state index is -2.30. The van der Waals surface area contributed by atoms with E-state index in [1.54, 1.807) is 10.8 Å². The molecule has 0 atom stereocenters. The van der Waals surface area contributed by atoms with Crippen molar-refractivity contribution in [1.82, 2.24) is 0 Å². The van der Waals surface area contributed by atoms with E-state index < -0.39 is 8.07 Å². The van der Waals surface area contributed by atoms with Gasteiger partial charge in [-0.1, -0.05) is 0 Å². The van der Waals surface area contributed by atoms with E-state index in [1.807, 2.05) is 0 Å².